The number of nitrogens with one attached hydrogen (secondary N) is 1. The van der Waals surface area contributed by atoms with E-state index >= 15 is 0 Å². The molecule has 0 bridgehead atoms. The van der Waals surface area contributed by atoms with Gasteiger partial charge in [0.1, 0.15) is 0 Å². The summed E-state index contributed by atoms with van der Waals surface area (Å²) in [7, 11) is 3.45. The molecule has 5 nitrogen and oxygen atoms in total. The Balaban J connectivity index is 2.31. The molecule has 94 valence electrons. The minimum atomic E-state index is -0.564. The lowest BCUT2D eigenvalue weighted by atomic mass is 9.97. The molecule has 2 atom stereocenters. The van der Waals surface area contributed by atoms with E-state index in [1.165, 1.54) is 0 Å². The summed E-state index contributed by atoms with van der Waals surface area (Å²) >= 11 is 0. The maximum absolute atomic E-state index is 11.4. The van der Waals surface area contributed by atoms with Crippen LogP contribution in [0.5, 0.6) is 0 Å². The van der Waals surface area contributed by atoms with Gasteiger partial charge in [-0.15, -0.1) is 0 Å². The number of methoxy groups -OCH3 is 1. The normalized spacial score (nSPS) is 29.5. The van der Waals surface area contributed by atoms with Crippen molar-refractivity contribution in [3.8, 4) is 0 Å². The summed E-state index contributed by atoms with van der Waals surface area (Å²) in [6, 6.07) is 0. The number of carbonyl (C=O) groups excluding carboxylic acids is 1. The van der Waals surface area contributed by atoms with Gasteiger partial charge in [-0.1, -0.05) is 0 Å². The molecule has 1 aliphatic rings. The van der Waals surface area contributed by atoms with E-state index in [0.717, 1.165) is 19.3 Å². The Hall–Kier alpha value is -0.650. The fourth-order valence-electron chi connectivity index (χ4n) is 2.17. The van der Waals surface area contributed by atoms with Gasteiger partial charge in [-0.25, -0.2) is 0 Å². The highest BCUT2D eigenvalue weighted by Crippen LogP contribution is 2.31. The Morgan fingerprint density at radius 2 is 2.31 bits per heavy atom. The predicted molar refractivity (Wildman–Crippen MR) is 61.1 cm³/mol. The van der Waals surface area contributed by atoms with Crippen LogP contribution in [0.25, 0.3) is 0 Å². The van der Waals surface area contributed by atoms with E-state index in [1.807, 2.05) is 0 Å². The maximum atomic E-state index is 11.4. The second-order valence-corrected chi connectivity index (χ2v) is 4.28. The highest BCUT2D eigenvalue weighted by molar-refractivity contribution is 5.85. The highest BCUT2D eigenvalue weighted by atomic mass is 16.5. The van der Waals surface area contributed by atoms with Gasteiger partial charge in [-0.05, 0) is 26.3 Å². The van der Waals surface area contributed by atoms with Crippen molar-refractivity contribution in [1.29, 1.82) is 0 Å². The van der Waals surface area contributed by atoms with Crippen molar-refractivity contribution in [3.05, 3.63) is 0 Å². The van der Waals surface area contributed by atoms with Gasteiger partial charge in [-0.2, -0.15) is 0 Å². The van der Waals surface area contributed by atoms with Crippen molar-refractivity contribution < 1.29 is 14.3 Å². The van der Waals surface area contributed by atoms with Crippen molar-refractivity contribution in [3.63, 3.8) is 0 Å². The van der Waals surface area contributed by atoms with Gasteiger partial charge in [0.25, 0.3) is 0 Å². The molecule has 0 radical (unpaired) electrons. The summed E-state index contributed by atoms with van der Waals surface area (Å²) in [6.45, 7) is 1.39. The van der Waals surface area contributed by atoms with Crippen LogP contribution in [0.4, 0.5) is 0 Å². The summed E-state index contributed by atoms with van der Waals surface area (Å²) in [6.07, 6.45) is 3.34. The largest absolute Gasteiger partial charge is 0.385 e. The summed E-state index contributed by atoms with van der Waals surface area (Å²) < 4.78 is 10.6. The van der Waals surface area contributed by atoms with Crippen LogP contribution in [0, 0.1) is 0 Å². The predicted octanol–water partition coefficient (Wildman–Crippen LogP) is 0.0355. The third-order valence-corrected chi connectivity index (χ3v) is 3.27. The lowest BCUT2D eigenvalue weighted by molar-refractivity contribution is -0.124. The van der Waals surface area contributed by atoms with Gasteiger partial charge in [0.2, 0.25) is 5.91 Å². The highest BCUT2D eigenvalue weighted by Gasteiger charge is 2.43. The van der Waals surface area contributed by atoms with Crippen molar-refractivity contribution >= 4 is 5.91 Å². The molecule has 0 saturated heterocycles. The van der Waals surface area contributed by atoms with Crippen molar-refractivity contribution in [1.82, 2.24) is 5.32 Å². The average Bonchev–Trinajstić information content (AvgIpc) is 2.69. The van der Waals surface area contributed by atoms with Crippen LogP contribution in [0.1, 0.15) is 25.7 Å². The van der Waals surface area contributed by atoms with Crippen LogP contribution < -0.4 is 11.1 Å². The first-order valence-corrected chi connectivity index (χ1v) is 5.74. The molecule has 2 unspecified atom stereocenters. The lowest BCUT2D eigenvalue weighted by Gasteiger charge is -2.24. The zero-order chi connectivity index (χ0) is 12.0. The second-order valence-electron chi connectivity index (χ2n) is 4.28. The molecule has 0 aromatic rings. The molecule has 0 spiro atoms. The van der Waals surface area contributed by atoms with Crippen LogP contribution in [0.15, 0.2) is 0 Å². The zero-order valence-electron chi connectivity index (χ0n) is 10.1. The Bertz CT molecular complexity index is 235. The van der Waals surface area contributed by atoms with E-state index < -0.39 is 5.54 Å². The lowest BCUT2D eigenvalue weighted by Crippen LogP contribution is -2.52. The van der Waals surface area contributed by atoms with Gasteiger partial charge in [0.05, 0.1) is 11.6 Å². The Morgan fingerprint density at radius 1 is 1.56 bits per heavy atom. The van der Waals surface area contributed by atoms with Crippen molar-refractivity contribution in [2.45, 2.75) is 37.3 Å². The number of likely N-dealkylation sites (N-methyl/N-ethyl adjacent to an activating group) is 1. The van der Waals surface area contributed by atoms with E-state index in [4.69, 9.17) is 15.2 Å². The van der Waals surface area contributed by atoms with E-state index in [-0.39, 0.29) is 12.0 Å². The minimum Gasteiger partial charge on any atom is -0.385 e. The Kier molecular flexibility index (Phi) is 5.18. The molecule has 3 N–H and O–H groups in total. The average molecular weight is 230 g/mol. The molecule has 1 amide bonds. The topological polar surface area (TPSA) is 73.6 Å². The van der Waals surface area contributed by atoms with Gasteiger partial charge in [-0.3, -0.25) is 4.79 Å². The molecule has 0 aliphatic heterocycles. The molecule has 1 aliphatic carbocycles. The smallest absolute Gasteiger partial charge is 0.237 e. The van der Waals surface area contributed by atoms with Gasteiger partial charge >= 0.3 is 0 Å². The summed E-state index contributed by atoms with van der Waals surface area (Å²) in [5.74, 6) is -0.280. The standard InChI is InChI=1S/C11H22N2O3/c1-13-11(10(12)14)5-4-9(8-11)16-7-3-6-15-2/h9,13H,3-8H2,1-2H3,(H2,12,14). The third-order valence-electron chi connectivity index (χ3n) is 3.27. The number of carbonyl (C=O) groups is 1. The number of primary amides is 1. The van der Waals surface area contributed by atoms with E-state index in [1.54, 1.807) is 14.2 Å². The number of amides is 1. The Morgan fingerprint density at radius 3 is 2.81 bits per heavy atom. The number of nitrogens with two attached hydrogens (primary N) is 1. The molecular formula is C11H22N2O3. The first kappa shape index (κ1) is 13.4. The van der Waals surface area contributed by atoms with Crippen LogP contribution >= 0.6 is 0 Å². The fourth-order valence-corrected chi connectivity index (χ4v) is 2.17. The second kappa shape index (κ2) is 6.18. The fraction of sp³-hybridized carbons (Fsp3) is 0.909. The van der Waals surface area contributed by atoms with E-state index in [0.29, 0.717) is 19.6 Å². The number of hydrogen-bond acceptors (Lipinski definition) is 4. The molecule has 0 heterocycles. The molecular weight excluding hydrogens is 208 g/mol. The van der Waals surface area contributed by atoms with Crippen LogP contribution in [0.3, 0.4) is 0 Å². The van der Waals surface area contributed by atoms with Gasteiger partial charge < -0.3 is 20.5 Å². The molecule has 0 aromatic carbocycles. The third kappa shape index (κ3) is 3.17. The first-order chi connectivity index (χ1) is 7.64. The monoisotopic (exact) mass is 230 g/mol. The SMILES string of the molecule is CNC1(C(N)=O)CCC(OCCCOC)C1. The maximum Gasteiger partial charge on any atom is 0.237 e. The van der Waals surface area contributed by atoms with Crippen molar-refractivity contribution in [2.24, 2.45) is 5.73 Å². The number of hydrogen-bond donors (Lipinski definition) is 2. The first-order valence-electron chi connectivity index (χ1n) is 5.74. The summed E-state index contributed by atoms with van der Waals surface area (Å²) in [4.78, 5) is 11.4. The van der Waals surface area contributed by atoms with E-state index in [9.17, 15) is 4.79 Å². The van der Waals surface area contributed by atoms with E-state index in [2.05, 4.69) is 5.32 Å². The van der Waals surface area contributed by atoms with Gasteiger partial charge in [0, 0.05) is 26.7 Å². The van der Waals surface area contributed by atoms with Crippen LogP contribution in [-0.4, -0.2) is 44.9 Å². The molecule has 5 heteroatoms. The molecule has 0 aromatic heterocycles. The number of rotatable bonds is 7. The molecule has 1 rings (SSSR count). The minimum absolute atomic E-state index is 0.136. The Labute approximate surface area is 96.7 Å². The quantitative estimate of drug-likeness (QED) is 0.605. The zero-order valence-corrected chi connectivity index (χ0v) is 10.1. The molecule has 1 saturated carbocycles. The molecule has 16 heavy (non-hydrogen) atoms. The number of ether oxygens (including phenoxy) is 2. The summed E-state index contributed by atoms with van der Waals surface area (Å²) in [5.41, 5.74) is 4.84. The summed E-state index contributed by atoms with van der Waals surface area (Å²) in [5, 5.41) is 3.03. The van der Waals surface area contributed by atoms with Gasteiger partial charge in [0.15, 0.2) is 0 Å². The molecule has 1 fully saturated rings. The van der Waals surface area contributed by atoms with Crippen molar-refractivity contribution in [2.75, 3.05) is 27.4 Å². The van der Waals surface area contributed by atoms with Crippen LogP contribution in [-0.2, 0) is 14.3 Å². The van der Waals surface area contributed by atoms with Crippen LogP contribution in [0.2, 0.25) is 0 Å².